The van der Waals surface area contributed by atoms with E-state index in [-0.39, 0.29) is 0 Å². The second kappa shape index (κ2) is 4.16. The van der Waals surface area contributed by atoms with E-state index in [0.717, 1.165) is 22.9 Å². The van der Waals surface area contributed by atoms with Crippen LogP contribution in [-0.4, -0.2) is 15.6 Å². The zero-order valence-corrected chi connectivity index (χ0v) is 11.3. The van der Waals surface area contributed by atoms with Crippen molar-refractivity contribution >= 4 is 16.9 Å². The second-order valence-corrected chi connectivity index (χ2v) is 5.25. The molecule has 0 amide bonds. The molecule has 1 aromatic heterocycles. The van der Waals surface area contributed by atoms with E-state index in [9.17, 15) is 9.90 Å². The first-order valence-corrected chi connectivity index (χ1v) is 6.20. The Morgan fingerprint density at radius 2 is 2.06 bits per heavy atom. The monoisotopic (exact) mass is 245 g/mol. The maximum atomic E-state index is 11.4. The lowest BCUT2D eigenvalue weighted by Gasteiger charge is -2.18. The molecule has 0 fully saturated rings. The Balaban J connectivity index is 2.80. The summed E-state index contributed by atoms with van der Waals surface area (Å²) in [5, 5.41) is 10.4. The van der Waals surface area contributed by atoms with Crippen LogP contribution in [0.1, 0.15) is 31.9 Å². The fourth-order valence-electron chi connectivity index (χ4n) is 2.45. The molecule has 0 spiro atoms. The van der Waals surface area contributed by atoms with Crippen molar-refractivity contribution < 1.29 is 9.90 Å². The van der Waals surface area contributed by atoms with Gasteiger partial charge in [-0.25, -0.2) is 0 Å². The molecule has 3 heteroatoms. The third-order valence-electron chi connectivity index (χ3n) is 3.67. The summed E-state index contributed by atoms with van der Waals surface area (Å²) in [4.78, 5) is 11.4. The number of fused-ring (bicyclic) bond motifs is 1. The molecule has 96 valence electrons. The first-order valence-electron chi connectivity index (χ1n) is 6.20. The van der Waals surface area contributed by atoms with Crippen LogP contribution >= 0.6 is 0 Å². The van der Waals surface area contributed by atoms with E-state index >= 15 is 0 Å². The zero-order valence-electron chi connectivity index (χ0n) is 11.3. The van der Waals surface area contributed by atoms with Crippen molar-refractivity contribution in [2.75, 3.05) is 0 Å². The standard InChI is InChI=1S/C15H19NO2/c1-5-10-7-6-8-11-12(9-16(4)13(10)11)15(2,3)14(17)18/h6-9H,5H2,1-4H3,(H,17,18). The minimum atomic E-state index is -0.869. The van der Waals surface area contributed by atoms with Crippen LogP contribution in [0.4, 0.5) is 0 Å². The molecule has 1 heterocycles. The predicted molar refractivity (Wildman–Crippen MR) is 73.0 cm³/mol. The lowest BCUT2D eigenvalue weighted by atomic mass is 9.84. The Morgan fingerprint density at radius 3 is 2.61 bits per heavy atom. The van der Waals surface area contributed by atoms with Crippen LogP contribution in [0.2, 0.25) is 0 Å². The zero-order chi connectivity index (χ0) is 13.5. The van der Waals surface area contributed by atoms with E-state index in [1.165, 1.54) is 5.56 Å². The smallest absolute Gasteiger partial charge is 0.313 e. The summed E-state index contributed by atoms with van der Waals surface area (Å²) in [5.41, 5.74) is 2.40. The molecule has 2 aromatic rings. The molecular formula is C15H19NO2. The molecule has 0 aliphatic rings. The molecule has 0 aliphatic carbocycles. The van der Waals surface area contributed by atoms with Gasteiger partial charge in [-0.15, -0.1) is 0 Å². The van der Waals surface area contributed by atoms with Crippen molar-refractivity contribution in [3.05, 3.63) is 35.5 Å². The van der Waals surface area contributed by atoms with Gasteiger partial charge in [0.1, 0.15) is 0 Å². The summed E-state index contributed by atoms with van der Waals surface area (Å²) >= 11 is 0. The lowest BCUT2D eigenvalue weighted by molar-refractivity contribution is -0.142. The molecule has 1 aromatic carbocycles. The molecule has 18 heavy (non-hydrogen) atoms. The fraction of sp³-hybridized carbons (Fsp3) is 0.400. The van der Waals surface area contributed by atoms with Gasteiger partial charge >= 0.3 is 5.97 Å². The summed E-state index contributed by atoms with van der Waals surface area (Å²) < 4.78 is 2.04. The maximum absolute atomic E-state index is 11.4. The van der Waals surface area contributed by atoms with Crippen LogP contribution in [0.3, 0.4) is 0 Å². The third kappa shape index (κ3) is 1.70. The van der Waals surface area contributed by atoms with Crippen LogP contribution in [0.15, 0.2) is 24.4 Å². The average Bonchev–Trinajstić information content (AvgIpc) is 2.67. The van der Waals surface area contributed by atoms with E-state index in [1.807, 2.05) is 29.9 Å². The number of carbonyl (C=O) groups is 1. The lowest BCUT2D eigenvalue weighted by Crippen LogP contribution is -2.28. The van der Waals surface area contributed by atoms with Gasteiger partial charge in [0.15, 0.2) is 0 Å². The van der Waals surface area contributed by atoms with Gasteiger partial charge in [-0.1, -0.05) is 25.1 Å². The Bertz CT molecular complexity index is 608. The van der Waals surface area contributed by atoms with E-state index in [0.29, 0.717) is 0 Å². The largest absolute Gasteiger partial charge is 0.481 e. The number of aromatic nitrogens is 1. The van der Waals surface area contributed by atoms with Crippen LogP contribution in [0.25, 0.3) is 10.9 Å². The van der Waals surface area contributed by atoms with Gasteiger partial charge in [0.05, 0.1) is 10.9 Å². The Morgan fingerprint density at radius 1 is 1.39 bits per heavy atom. The van der Waals surface area contributed by atoms with Gasteiger partial charge in [0, 0.05) is 18.6 Å². The predicted octanol–water partition coefficient (Wildman–Crippen LogP) is 3.10. The quantitative estimate of drug-likeness (QED) is 0.902. The molecule has 1 N–H and O–H groups in total. The highest BCUT2D eigenvalue weighted by molar-refractivity contribution is 5.93. The SMILES string of the molecule is CCc1cccc2c(C(C)(C)C(=O)O)cn(C)c12. The number of aliphatic carboxylic acids is 1. The second-order valence-electron chi connectivity index (χ2n) is 5.25. The summed E-state index contributed by atoms with van der Waals surface area (Å²) in [6.45, 7) is 5.62. The van der Waals surface area contributed by atoms with Crippen LogP contribution in [0, 0.1) is 0 Å². The first kappa shape index (κ1) is 12.7. The van der Waals surface area contributed by atoms with Crippen molar-refractivity contribution in [3.8, 4) is 0 Å². The minimum Gasteiger partial charge on any atom is -0.481 e. The van der Waals surface area contributed by atoms with Crippen molar-refractivity contribution in [1.82, 2.24) is 4.57 Å². The average molecular weight is 245 g/mol. The van der Waals surface area contributed by atoms with Crippen molar-refractivity contribution in [2.45, 2.75) is 32.6 Å². The van der Waals surface area contributed by atoms with Crippen molar-refractivity contribution in [1.29, 1.82) is 0 Å². The van der Waals surface area contributed by atoms with Crippen molar-refractivity contribution in [2.24, 2.45) is 7.05 Å². The number of hydrogen-bond donors (Lipinski definition) is 1. The summed E-state index contributed by atoms with van der Waals surface area (Å²) in [7, 11) is 1.98. The van der Waals surface area contributed by atoms with E-state index in [1.54, 1.807) is 13.8 Å². The number of rotatable bonds is 3. The van der Waals surface area contributed by atoms with Gasteiger partial charge < -0.3 is 9.67 Å². The molecule has 0 saturated carbocycles. The number of benzene rings is 1. The fourth-order valence-corrected chi connectivity index (χ4v) is 2.45. The number of para-hydroxylation sites is 1. The maximum Gasteiger partial charge on any atom is 0.313 e. The van der Waals surface area contributed by atoms with Crippen molar-refractivity contribution in [3.63, 3.8) is 0 Å². The topological polar surface area (TPSA) is 42.2 Å². The molecule has 0 atom stereocenters. The normalized spacial score (nSPS) is 12.0. The number of carboxylic acid groups (broad SMARTS) is 1. The van der Waals surface area contributed by atoms with Gasteiger partial charge in [-0.05, 0) is 31.4 Å². The third-order valence-corrected chi connectivity index (χ3v) is 3.67. The Kier molecular flexibility index (Phi) is 2.93. The van der Waals surface area contributed by atoms with Gasteiger partial charge in [-0.2, -0.15) is 0 Å². The van der Waals surface area contributed by atoms with E-state index < -0.39 is 11.4 Å². The molecular weight excluding hydrogens is 226 g/mol. The molecule has 3 nitrogen and oxygen atoms in total. The first-order chi connectivity index (χ1) is 8.39. The number of aryl methyl sites for hydroxylation is 2. The van der Waals surface area contributed by atoms with Crippen LogP contribution in [-0.2, 0) is 23.7 Å². The van der Waals surface area contributed by atoms with Gasteiger partial charge in [0.2, 0.25) is 0 Å². The molecule has 2 rings (SSSR count). The summed E-state index contributed by atoms with van der Waals surface area (Å²) in [5.74, 6) is -0.795. The molecule has 0 radical (unpaired) electrons. The molecule has 0 saturated heterocycles. The Labute approximate surface area is 107 Å². The van der Waals surface area contributed by atoms with E-state index in [4.69, 9.17) is 0 Å². The minimum absolute atomic E-state index is 0.795. The van der Waals surface area contributed by atoms with Crippen LogP contribution < -0.4 is 0 Å². The number of hydrogen-bond acceptors (Lipinski definition) is 1. The van der Waals surface area contributed by atoms with E-state index in [2.05, 4.69) is 13.0 Å². The van der Waals surface area contributed by atoms with Crippen LogP contribution in [0.5, 0.6) is 0 Å². The summed E-state index contributed by atoms with van der Waals surface area (Å²) in [6.07, 6.45) is 2.89. The molecule has 0 unspecified atom stereocenters. The Hall–Kier alpha value is -1.77. The van der Waals surface area contributed by atoms with Gasteiger partial charge in [0.25, 0.3) is 0 Å². The highest BCUT2D eigenvalue weighted by Gasteiger charge is 2.32. The highest BCUT2D eigenvalue weighted by Crippen LogP contribution is 2.33. The summed E-state index contributed by atoms with van der Waals surface area (Å²) in [6, 6.07) is 6.11. The highest BCUT2D eigenvalue weighted by atomic mass is 16.4. The molecule has 0 bridgehead atoms. The number of nitrogens with zero attached hydrogens (tertiary/aromatic N) is 1. The molecule has 0 aliphatic heterocycles. The number of carboxylic acids is 1. The van der Waals surface area contributed by atoms with Gasteiger partial charge in [-0.3, -0.25) is 4.79 Å².